The summed E-state index contributed by atoms with van der Waals surface area (Å²) in [6.07, 6.45) is 1.34. The monoisotopic (exact) mass is 336 g/mol. The lowest BCUT2D eigenvalue weighted by Gasteiger charge is -2.24. The number of hydrogen-bond donors (Lipinski definition) is 1. The predicted molar refractivity (Wildman–Crippen MR) is 89.7 cm³/mol. The van der Waals surface area contributed by atoms with Crippen molar-refractivity contribution in [3.63, 3.8) is 0 Å². The molecular formula is C15H20N4O3S. The molecule has 2 rings (SSSR count). The molecule has 1 unspecified atom stereocenters. The van der Waals surface area contributed by atoms with E-state index in [2.05, 4.69) is 5.32 Å². The Morgan fingerprint density at radius 1 is 1.35 bits per heavy atom. The molecular weight excluding hydrogens is 316 g/mol. The van der Waals surface area contributed by atoms with Crippen molar-refractivity contribution in [3.05, 3.63) is 55.5 Å². The molecule has 0 aliphatic rings. The number of carbonyl (C=O) groups excluding carboxylic acids is 1. The molecule has 2 heterocycles. The van der Waals surface area contributed by atoms with E-state index < -0.39 is 11.2 Å². The molecule has 23 heavy (non-hydrogen) atoms. The largest absolute Gasteiger partial charge is 0.353 e. The molecule has 0 saturated heterocycles. The molecule has 0 saturated carbocycles. The number of hydrogen-bond acceptors (Lipinski definition) is 5. The minimum atomic E-state index is -0.505. The number of aromatic nitrogens is 2. The molecule has 1 amide bonds. The van der Waals surface area contributed by atoms with Gasteiger partial charge in [-0.05, 0) is 36.5 Å². The SMILES string of the molecule is CN(C)C(CNC(=O)Cn1ccc(=O)n(C)c1=O)c1ccsc1. The van der Waals surface area contributed by atoms with Gasteiger partial charge in [0.2, 0.25) is 5.91 Å². The Morgan fingerprint density at radius 2 is 2.09 bits per heavy atom. The number of nitrogens with zero attached hydrogens (tertiary/aromatic N) is 3. The second-order valence-electron chi connectivity index (χ2n) is 5.46. The van der Waals surface area contributed by atoms with E-state index in [0.29, 0.717) is 6.54 Å². The fraction of sp³-hybridized carbons (Fsp3) is 0.400. The molecule has 8 heteroatoms. The highest BCUT2D eigenvalue weighted by molar-refractivity contribution is 7.07. The first-order valence-electron chi connectivity index (χ1n) is 7.12. The smallest absolute Gasteiger partial charge is 0.331 e. The molecule has 0 bridgehead atoms. The normalized spacial score (nSPS) is 12.3. The van der Waals surface area contributed by atoms with Crippen molar-refractivity contribution < 1.29 is 4.79 Å². The highest BCUT2D eigenvalue weighted by Crippen LogP contribution is 2.19. The lowest BCUT2D eigenvalue weighted by molar-refractivity contribution is -0.121. The van der Waals surface area contributed by atoms with E-state index in [1.165, 1.54) is 23.9 Å². The quantitative estimate of drug-likeness (QED) is 0.807. The van der Waals surface area contributed by atoms with E-state index >= 15 is 0 Å². The molecule has 0 aliphatic heterocycles. The average molecular weight is 336 g/mol. The van der Waals surface area contributed by atoms with Crippen molar-refractivity contribution in [3.8, 4) is 0 Å². The Morgan fingerprint density at radius 3 is 2.70 bits per heavy atom. The van der Waals surface area contributed by atoms with Crippen molar-refractivity contribution in [1.29, 1.82) is 0 Å². The van der Waals surface area contributed by atoms with Gasteiger partial charge in [-0.3, -0.25) is 18.7 Å². The zero-order chi connectivity index (χ0) is 17.0. The molecule has 7 nitrogen and oxygen atoms in total. The summed E-state index contributed by atoms with van der Waals surface area (Å²) in [6, 6.07) is 3.36. The molecule has 1 atom stereocenters. The molecule has 0 aromatic carbocycles. The van der Waals surface area contributed by atoms with Gasteiger partial charge in [0.15, 0.2) is 0 Å². The summed E-state index contributed by atoms with van der Waals surface area (Å²) in [4.78, 5) is 37.4. The van der Waals surface area contributed by atoms with Crippen LogP contribution >= 0.6 is 11.3 Å². The minimum Gasteiger partial charge on any atom is -0.353 e. The number of thiophene rings is 1. The average Bonchev–Trinajstić information content (AvgIpc) is 3.02. The first-order valence-corrected chi connectivity index (χ1v) is 8.06. The number of nitrogens with one attached hydrogen (secondary N) is 1. The molecule has 0 fully saturated rings. The molecule has 0 radical (unpaired) electrons. The fourth-order valence-electron chi connectivity index (χ4n) is 2.22. The van der Waals surface area contributed by atoms with Crippen molar-refractivity contribution in [2.24, 2.45) is 7.05 Å². The van der Waals surface area contributed by atoms with Crippen molar-refractivity contribution >= 4 is 17.2 Å². The Balaban J connectivity index is 2.01. The van der Waals surface area contributed by atoms with Crippen LogP contribution in [0.4, 0.5) is 0 Å². The van der Waals surface area contributed by atoms with E-state index in [4.69, 9.17) is 0 Å². The van der Waals surface area contributed by atoms with Crippen molar-refractivity contribution in [1.82, 2.24) is 19.4 Å². The Bertz CT molecular complexity index is 777. The van der Waals surface area contributed by atoms with Gasteiger partial charge in [0, 0.05) is 25.9 Å². The summed E-state index contributed by atoms with van der Waals surface area (Å²) in [6.45, 7) is 0.333. The fourth-order valence-corrected chi connectivity index (χ4v) is 2.93. The van der Waals surface area contributed by atoms with Crippen LogP contribution in [0.25, 0.3) is 0 Å². The van der Waals surface area contributed by atoms with E-state index in [1.807, 2.05) is 35.8 Å². The third kappa shape index (κ3) is 4.17. The van der Waals surface area contributed by atoms with Gasteiger partial charge in [0.1, 0.15) is 6.54 Å². The summed E-state index contributed by atoms with van der Waals surface area (Å²) in [7, 11) is 5.29. The number of carbonyl (C=O) groups is 1. The van der Waals surface area contributed by atoms with Crippen LogP contribution in [0, 0.1) is 0 Å². The number of amides is 1. The topological polar surface area (TPSA) is 76.3 Å². The van der Waals surface area contributed by atoms with Crippen molar-refractivity contribution in [2.45, 2.75) is 12.6 Å². The number of rotatable bonds is 6. The van der Waals surface area contributed by atoms with Gasteiger partial charge in [-0.2, -0.15) is 11.3 Å². The van der Waals surface area contributed by atoms with Gasteiger partial charge in [-0.25, -0.2) is 4.79 Å². The molecule has 1 N–H and O–H groups in total. The van der Waals surface area contributed by atoms with Crippen LogP contribution in [0.15, 0.2) is 38.7 Å². The van der Waals surface area contributed by atoms with Gasteiger partial charge in [-0.1, -0.05) is 0 Å². The van der Waals surface area contributed by atoms with Gasteiger partial charge in [0.05, 0.1) is 6.04 Å². The van der Waals surface area contributed by atoms with Crippen LogP contribution in [0.1, 0.15) is 11.6 Å². The van der Waals surface area contributed by atoms with E-state index in [9.17, 15) is 14.4 Å². The summed E-state index contributed by atoms with van der Waals surface area (Å²) >= 11 is 1.61. The first kappa shape index (κ1) is 17.2. The van der Waals surface area contributed by atoms with Crippen LogP contribution in [0.2, 0.25) is 0 Å². The van der Waals surface area contributed by atoms with Gasteiger partial charge in [-0.15, -0.1) is 0 Å². The van der Waals surface area contributed by atoms with Gasteiger partial charge >= 0.3 is 5.69 Å². The summed E-state index contributed by atoms with van der Waals surface area (Å²) in [5, 5.41) is 6.89. The highest BCUT2D eigenvalue weighted by Gasteiger charge is 2.16. The zero-order valence-corrected chi connectivity index (χ0v) is 14.2. The summed E-state index contributed by atoms with van der Waals surface area (Å²) < 4.78 is 2.19. The van der Waals surface area contributed by atoms with Crippen LogP contribution in [0.5, 0.6) is 0 Å². The second kappa shape index (κ2) is 7.38. The van der Waals surface area contributed by atoms with Crippen LogP contribution in [0.3, 0.4) is 0 Å². The molecule has 0 spiro atoms. The standard InChI is InChI=1S/C15H20N4O3S/c1-17(2)12(11-5-7-23-10-11)8-16-13(20)9-19-6-4-14(21)18(3)15(19)22/h4-7,10,12H,8-9H2,1-3H3,(H,16,20). The highest BCUT2D eigenvalue weighted by atomic mass is 32.1. The Hall–Kier alpha value is -2.19. The number of likely N-dealkylation sites (N-methyl/N-ethyl adjacent to an activating group) is 1. The minimum absolute atomic E-state index is 0.0713. The Kier molecular flexibility index (Phi) is 5.51. The van der Waals surface area contributed by atoms with Crippen LogP contribution < -0.4 is 16.6 Å². The lowest BCUT2D eigenvalue weighted by Crippen LogP contribution is -2.41. The second-order valence-corrected chi connectivity index (χ2v) is 6.24. The van der Waals surface area contributed by atoms with Gasteiger partial charge < -0.3 is 10.2 Å². The third-order valence-electron chi connectivity index (χ3n) is 3.62. The predicted octanol–water partition coefficient (Wildman–Crippen LogP) is 0.0276. The van der Waals surface area contributed by atoms with E-state index in [-0.39, 0.29) is 18.5 Å². The molecule has 2 aromatic rings. The molecule has 0 aliphatic carbocycles. The molecule has 124 valence electrons. The third-order valence-corrected chi connectivity index (χ3v) is 4.32. The van der Waals surface area contributed by atoms with E-state index in [0.717, 1.165) is 10.1 Å². The maximum absolute atomic E-state index is 12.1. The zero-order valence-electron chi connectivity index (χ0n) is 13.4. The summed E-state index contributed by atoms with van der Waals surface area (Å²) in [5.41, 5.74) is 0.242. The van der Waals surface area contributed by atoms with Crippen LogP contribution in [-0.2, 0) is 18.4 Å². The maximum atomic E-state index is 12.1. The Labute approximate surface area is 137 Å². The van der Waals surface area contributed by atoms with Crippen LogP contribution in [-0.4, -0.2) is 40.6 Å². The first-order chi connectivity index (χ1) is 10.9. The van der Waals surface area contributed by atoms with Gasteiger partial charge in [0.25, 0.3) is 5.56 Å². The van der Waals surface area contributed by atoms with E-state index in [1.54, 1.807) is 11.3 Å². The maximum Gasteiger partial charge on any atom is 0.331 e. The summed E-state index contributed by atoms with van der Waals surface area (Å²) in [5.74, 6) is -0.271. The lowest BCUT2D eigenvalue weighted by atomic mass is 10.1. The molecule has 2 aromatic heterocycles. The van der Waals surface area contributed by atoms with Crippen molar-refractivity contribution in [2.75, 3.05) is 20.6 Å².